The number of carbonyl (C=O) groups excluding carboxylic acids is 1. The maximum Gasteiger partial charge on any atom is 0.418 e. The summed E-state index contributed by atoms with van der Waals surface area (Å²) in [6, 6.07) is 7.88. The fourth-order valence-corrected chi connectivity index (χ4v) is 3.38. The van der Waals surface area contributed by atoms with Crippen molar-refractivity contribution in [2.24, 2.45) is 0 Å². The van der Waals surface area contributed by atoms with Crippen molar-refractivity contribution in [1.82, 2.24) is 19.9 Å². The van der Waals surface area contributed by atoms with Crippen LogP contribution in [0.4, 0.5) is 19.0 Å². The summed E-state index contributed by atoms with van der Waals surface area (Å²) in [7, 11) is 1.50. The highest BCUT2D eigenvalue weighted by atomic mass is 19.4. The van der Waals surface area contributed by atoms with Gasteiger partial charge in [0.15, 0.2) is 6.10 Å². The lowest BCUT2D eigenvalue weighted by atomic mass is 10.0. The van der Waals surface area contributed by atoms with Gasteiger partial charge in [0.25, 0.3) is 0 Å². The second-order valence-electron chi connectivity index (χ2n) is 7.18. The van der Waals surface area contributed by atoms with E-state index < -0.39 is 17.8 Å². The fraction of sp³-hybridized carbons (Fsp3) is 0.182. The maximum atomic E-state index is 13.0. The lowest BCUT2D eigenvalue weighted by Crippen LogP contribution is -2.20. The van der Waals surface area contributed by atoms with Crippen molar-refractivity contribution in [1.29, 1.82) is 0 Å². The average Bonchev–Trinajstić information content (AvgIpc) is 3.16. The number of ether oxygens (including phenoxy) is 1. The zero-order valence-corrected chi connectivity index (χ0v) is 17.4. The van der Waals surface area contributed by atoms with Crippen LogP contribution in [0.5, 0.6) is 5.75 Å². The molecular formula is C22H18F3N5O3. The Balaban J connectivity index is 1.92. The van der Waals surface area contributed by atoms with Gasteiger partial charge in [0.05, 0.1) is 41.3 Å². The number of aromatic amines is 1. The van der Waals surface area contributed by atoms with E-state index in [-0.39, 0.29) is 11.4 Å². The summed E-state index contributed by atoms with van der Waals surface area (Å²) in [6.07, 6.45) is -3.52. The van der Waals surface area contributed by atoms with Crippen LogP contribution in [0.2, 0.25) is 0 Å². The first-order chi connectivity index (χ1) is 15.7. The number of fused-ring (bicyclic) bond motifs is 1. The van der Waals surface area contributed by atoms with E-state index in [1.165, 1.54) is 32.5 Å². The third kappa shape index (κ3) is 4.48. The smallest absolute Gasteiger partial charge is 0.418 e. The summed E-state index contributed by atoms with van der Waals surface area (Å²) < 4.78 is 44.2. The number of H-pyrrole nitrogens is 1. The molecule has 0 aromatic carbocycles. The largest absolute Gasteiger partial charge is 0.495 e. The number of hydrogen-bond donors (Lipinski definition) is 3. The lowest BCUT2D eigenvalue weighted by molar-refractivity contribution is -0.206. The SMILES string of the molecule is COc1ccc(-c2c(-c3ccnc(NC(C)=O)c3)[nH]c3cc(C(O)C(F)(F)F)cnc23)nc1. The molecule has 0 bridgehead atoms. The van der Waals surface area contributed by atoms with Gasteiger partial charge < -0.3 is 20.1 Å². The Morgan fingerprint density at radius 3 is 2.58 bits per heavy atom. The minimum atomic E-state index is -4.83. The number of rotatable bonds is 5. The molecule has 0 saturated carbocycles. The van der Waals surface area contributed by atoms with Gasteiger partial charge in [-0.25, -0.2) is 4.98 Å². The van der Waals surface area contributed by atoms with Crippen LogP contribution >= 0.6 is 0 Å². The molecule has 0 aliphatic carbocycles. The van der Waals surface area contributed by atoms with Crippen molar-refractivity contribution in [3.05, 3.63) is 54.5 Å². The van der Waals surface area contributed by atoms with Gasteiger partial charge in [0.1, 0.15) is 11.6 Å². The number of nitrogens with one attached hydrogen (secondary N) is 2. The average molecular weight is 457 g/mol. The Labute approximate surface area is 185 Å². The summed E-state index contributed by atoms with van der Waals surface area (Å²) in [5.74, 6) is 0.523. The van der Waals surface area contributed by atoms with E-state index in [4.69, 9.17) is 4.74 Å². The van der Waals surface area contributed by atoms with Crippen molar-refractivity contribution in [3.8, 4) is 28.3 Å². The van der Waals surface area contributed by atoms with Gasteiger partial charge in [-0.2, -0.15) is 13.2 Å². The Morgan fingerprint density at radius 1 is 1.15 bits per heavy atom. The summed E-state index contributed by atoms with van der Waals surface area (Å²) in [6.45, 7) is 1.35. The van der Waals surface area contributed by atoms with Crippen LogP contribution in [0, 0.1) is 0 Å². The number of halogens is 3. The first-order valence-electron chi connectivity index (χ1n) is 9.68. The number of aliphatic hydroxyl groups excluding tert-OH is 1. The van der Waals surface area contributed by atoms with Crippen LogP contribution in [-0.2, 0) is 4.79 Å². The zero-order chi connectivity index (χ0) is 23.8. The Hall–Kier alpha value is -3.99. The molecule has 1 amide bonds. The molecule has 0 saturated heterocycles. The molecule has 0 fully saturated rings. The lowest BCUT2D eigenvalue weighted by Gasteiger charge is -2.14. The van der Waals surface area contributed by atoms with Gasteiger partial charge in [0.2, 0.25) is 5.91 Å². The molecule has 4 aromatic rings. The molecule has 1 unspecified atom stereocenters. The highest BCUT2D eigenvalue weighted by Crippen LogP contribution is 2.39. The number of carbonyl (C=O) groups is 1. The van der Waals surface area contributed by atoms with E-state index >= 15 is 0 Å². The molecular weight excluding hydrogens is 439 g/mol. The third-order valence-electron chi connectivity index (χ3n) is 4.86. The molecule has 33 heavy (non-hydrogen) atoms. The molecule has 4 aromatic heterocycles. The second kappa shape index (κ2) is 8.51. The minimum absolute atomic E-state index is 0.274. The fourth-order valence-electron chi connectivity index (χ4n) is 3.38. The predicted molar refractivity (Wildman–Crippen MR) is 114 cm³/mol. The molecule has 11 heteroatoms. The van der Waals surface area contributed by atoms with Crippen molar-refractivity contribution < 1.29 is 27.8 Å². The number of pyridine rings is 3. The number of aromatic nitrogens is 4. The number of amides is 1. The van der Waals surface area contributed by atoms with Gasteiger partial charge in [-0.15, -0.1) is 0 Å². The van der Waals surface area contributed by atoms with Gasteiger partial charge >= 0.3 is 6.18 Å². The summed E-state index contributed by atoms with van der Waals surface area (Å²) >= 11 is 0. The van der Waals surface area contributed by atoms with Crippen molar-refractivity contribution in [3.63, 3.8) is 0 Å². The van der Waals surface area contributed by atoms with Gasteiger partial charge in [0, 0.05) is 30.4 Å². The van der Waals surface area contributed by atoms with Gasteiger partial charge in [-0.05, 0) is 30.3 Å². The molecule has 1 atom stereocenters. The number of hydrogen-bond acceptors (Lipinski definition) is 6. The monoisotopic (exact) mass is 457 g/mol. The number of methoxy groups -OCH3 is 1. The van der Waals surface area contributed by atoms with Crippen LogP contribution in [0.25, 0.3) is 33.5 Å². The molecule has 0 aliphatic rings. The number of anilines is 1. The van der Waals surface area contributed by atoms with E-state index in [2.05, 4.69) is 25.3 Å². The molecule has 0 radical (unpaired) electrons. The third-order valence-corrected chi connectivity index (χ3v) is 4.86. The van der Waals surface area contributed by atoms with Gasteiger partial charge in [-0.3, -0.25) is 14.8 Å². The van der Waals surface area contributed by atoms with Crippen LogP contribution in [0.15, 0.2) is 48.9 Å². The molecule has 0 spiro atoms. The highest BCUT2D eigenvalue weighted by Gasteiger charge is 2.39. The Kier molecular flexibility index (Phi) is 5.73. The minimum Gasteiger partial charge on any atom is -0.495 e. The number of alkyl halides is 3. The van der Waals surface area contributed by atoms with E-state index in [0.29, 0.717) is 39.6 Å². The summed E-state index contributed by atoms with van der Waals surface area (Å²) in [4.78, 5) is 27.2. The zero-order valence-electron chi connectivity index (χ0n) is 17.4. The van der Waals surface area contributed by atoms with Crippen molar-refractivity contribution >= 4 is 22.8 Å². The van der Waals surface area contributed by atoms with Crippen LogP contribution in [-0.4, -0.2) is 44.2 Å². The topological polar surface area (TPSA) is 113 Å². The predicted octanol–water partition coefficient (Wildman–Crippen LogP) is 4.25. The first kappa shape index (κ1) is 22.2. The number of nitrogens with zero attached hydrogens (tertiary/aromatic N) is 3. The van der Waals surface area contributed by atoms with Crippen molar-refractivity contribution in [2.45, 2.75) is 19.2 Å². The van der Waals surface area contributed by atoms with Crippen LogP contribution in [0.3, 0.4) is 0 Å². The van der Waals surface area contributed by atoms with Crippen molar-refractivity contribution in [2.75, 3.05) is 12.4 Å². The molecule has 170 valence electrons. The van der Waals surface area contributed by atoms with E-state index in [1.807, 2.05) is 0 Å². The second-order valence-corrected chi connectivity index (χ2v) is 7.18. The highest BCUT2D eigenvalue weighted by molar-refractivity contribution is 6.01. The first-order valence-corrected chi connectivity index (χ1v) is 9.68. The summed E-state index contributed by atoms with van der Waals surface area (Å²) in [5.41, 5.74) is 2.35. The van der Waals surface area contributed by atoms with E-state index in [1.54, 1.807) is 24.3 Å². The molecule has 4 rings (SSSR count). The molecule has 4 heterocycles. The van der Waals surface area contributed by atoms with Gasteiger partial charge in [-0.1, -0.05) is 0 Å². The quantitative estimate of drug-likeness (QED) is 0.413. The summed E-state index contributed by atoms with van der Waals surface area (Å²) in [5, 5.41) is 12.2. The molecule has 3 N–H and O–H groups in total. The van der Waals surface area contributed by atoms with E-state index in [9.17, 15) is 23.1 Å². The number of aliphatic hydroxyl groups is 1. The standard InChI is InChI=1S/C22H18F3N5O3/c1-11(31)29-17-8-12(5-6-26-17)19-18(15-4-3-14(33-2)10-27-15)20-16(30-19)7-13(9-28-20)21(32)22(23,24)25/h3-10,21,30,32H,1-2H3,(H,26,29,31). The molecule has 8 nitrogen and oxygen atoms in total. The van der Waals surface area contributed by atoms with E-state index in [0.717, 1.165) is 6.20 Å². The van der Waals surface area contributed by atoms with Crippen LogP contribution in [0.1, 0.15) is 18.6 Å². The Morgan fingerprint density at radius 2 is 1.94 bits per heavy atom. The normalized spacial score (nSPS) is 12.5. The maximum absolute atomic E-state index is 13.0. The Bertz CT molecular complexity index is 1320. The molecule has 0 aliphatic heterocycles. The van der Waals surface area contributed by atoms with Crippen LogP contribution < -0.4 is 10.1 Å².